The molecule has 0 radical (unpaired) electrons. The molecule has 0 heterocycles. The van der Waals surface area contributed by atoms with E-state index in [0.29, 0.717) is 36.1 Å². The topological polar surface area (TPSA) is 64.8 Å². The van der Waals surface area contributed by atoms with E-state index in [9.17, 15) is 4.79 Å². The number of carbonyl (C=O) groups excluding carboxylic acids is 1. The lowest BCUT2D eigenvalue weighted by Crippen LogP contribution is -2.40. The second-order valence-corrected chi connectivity index (χ2v) is 6.71. The van der Waals surface area contributed by atoms with Crippen LogP contribution < -0.4 is 10.5 Å². The average molecular weight is 351 g/mol. The minimum absolute atomic E-state index is 0.229. The number of nitrogens with two attached hydrogens (primary N) is 1. The molecule has 1 rings (SSSR count). The SMILES string of the molecule is CCCOc1cc(N)ccc1C(=O)OC[C@@H](CC(C)C)N(CC)CC. The Kier molecular flexibility index (Phi) is 9.35. The summed E-state index contributed by atoms with van der Waals surface area (Å²) in [5, 5.41) is 0. The second kappa shape index (κ2) is 11.0. The lowest BCUT2D eigenvalue weighted by Gasteiger charge is -2.30. The summed E-state index contributed by atoms with van der Waals surface area (Å²) in [7, 11) is 0. The first-order valence-corrected chi connectivity index (χ1v) is 9.36. The van der Waals surface area contributed by atoms with Gasteiger partial charge in [0, 0.05) is 17.8 Å². The Morgan fingerprint density at radius 1 is 1.20 bits per heavy atom. The van der Waals surface area contributed by atoms with Crippen molar-refractivity contribution in [2.24, 2.45) is 5.92 Å². The summed E-state index contributed by atoms with van der Waals surface area (Å²) in [6.45, 7) is 13.5. The fourth-order valence-corrected chi connectivity index (χ4v) is 2.90. The summed E-state index contributed by atoms with van der Waals surface area (Å²) in [6, 6.07) is 5.29. The summed E-state index contributed by atoms with van der Waals surface area (Å²) in [4.78, 5) is 14.9. The van der Waals surface area contributed by atoms with Crippen LogP contribution in [-0.2, 0) is 4.74 Å². The van der Waals surface area contributed by atoms with E-state index in [4.69, 9.17) is 15.2 Å². The zero-order chi connectivity index (χ0) is 18.8. The molecule has 0 bridgehead atoms. The molecule has 0 aromatic heterocycles. The van der Waals surface area contributed by atoms with E-state index in [2.05, 4.69) is 32.6 Å². The van der Waals surface area contributed by atoms with Crippen LogP contribution in [0, 0.1) is 5.92 Å². The van der Waals surface area contributed by atoms with Crippen LogP contribution >= 0.6 is 0 Å². The van der Waals surface area contributed by atoms with Gasteiger partial charge in [-0.1, -0.05) is 34.6 Å². The van der Waals surface area contributed by atoms with Gasteiger partial charge in [-0.2, -0.15) is 0 Å². The molecular weight excluding hydrogens is 316 g/mol. The van der Waals surface area contributed by atoms with Crippen LogP contribution in [-0.4, -0.2) is 43.2 Å². The quantitative estimate of drug-likeness (QED) is 0.483. The molecule has 0 saturated carbocycles. The molecule has 5 heteroatoms. The molecule has 5 nitrogen and oxygen atoms in total. The number of anilines is 1. The highest BCUT2D eigenvalue weighted by molar-refractivity contribution is 5.93. The Labute approximate surface area is 152 Å². The normalized spacial score (nSPS) is 12.4. The van der Waals surface area contributed by atoms with Crippen LogP contribution in [0.2, 0.25) is 0 Å². The van der Waals surface area contributed by atoms with Crippen molar-refractivity contribution in [1.29, 1.82) is 0 Å². The van der Waals surface area contributed by atoms with Crippen molar-refractivity contribution < 1.29 is 14.3 Å². The van der Waals surface area contributed by atoms with E-state index >= 15 is 0 Å². The molecule has 25 heavy (non-hydrogen) atoms. The lowest BCUT2D eigenvalue weighted by molar-refractivity contribution is 0.0327. The van der Waals surface area contributed by atoms with Crippen LogP contribution in [0.5, 0.6) is 5.75 Å². The summed E-state index contributed by atoms with van der Waals surface area (Å²) in [6.07, 6.45) is 1.86. The summed E-state index contributed by atoms with van der Waals surface area (Å²) < 4.78 is 11.3. The highest BCUT2D eigenvalue weighted by atomic mass is 16.5. The molecular formula is C20H34N2O3. The average Bonchev–Trinajstić information content (AvgIpc) is 2.58. The number of esters is 1. The second-order valence-electron chi connectivity index (χ2n) is 6.71. The predicted octanol–water partition coefficient (Wildman–Crippen LogP) is 3.97. The van der Waals surface area contributed by atoms with E-state index < -0.39 is 0 Å². The number of nitrogens with zero attached hydrogens (tertiary/aromatic N) is 1. The summed E-state index contributed by atoms with van der Waals surface area (Å²) >= 11 is 0. The molecule has 1 aromatic rings. The molecule has 0 fully saturated rings. The molecule has 142 valence electrons. The van der Waals surface area contributed by atoms with Crippen LogP contribution in [0.3, 0.4) is 0 Å². The van der Waals surface area contributed by atoms with Gasteiger partial charge in [0.15, 0.2) is 0 Å². The highest BCUT2D eigenvalue weighted by Gasteiger charge is 2.21. The highest BCUT2D eigenvalue weighted by Crippen LogP contribution is 2.23. The van der Waals surface area contributed by atoms with Crippen molar-refractivity contribution in [3.05, 3.63) is 23.8 Å². The van der Waals surface area contributed by atoms with E-state index in [1.54, 1.807) is 18.2 Å². The molecule has 0 saturated heterocycles. The maximum Gasteiger partial charge on any atom is 0.341 e. The van der Waals surface area contributed by atoms with Crippen molar-refractivity contribution in [2.45, 2.75) is 53.5 Å². The number of hydrogen-bond acceptors (Lipinski definition) is 5. The first kappa shape index (κ1) is 21.3. The van der Waals surface area contributed by atoms with Gasteiger partial charge in [0.1, 0.15) is 17.9 Å². The lowest BCUT2D eigenvalue weighted by atomic mass is 10.0. The molecule has 1 atom stereocenters. The molecule has 0 unspecified atom stereocenters. The Hall–Kier alpha value is -1.75. The molecule has 2 N–H and O–H groups in total. The van der Waals surface area contributed by atoms with Gasteiger partial charge < -0.3 is 15.2 Å². The molecule has 0 amide bonds. The van der Waals surface area contributed by atoms with E-state index in [1.165, 1.54) is 0 Å². The monoisotopic (exact) mass is 350 g/mol. The maximum atomic E-state index is 12.6. The molecule has 0 aliphatic heterocycles. The number of rotatable bonds is 11. The van der Waals surface area contributed by atoms with Gasteiger partial charge in [0.05, 0.1) is 6.61 Å². The van der Waals surface area contributed by atoms with Gasteiger partial charge in [-0.25, -0.2) is 4.79 Å². The molecule has 0 aliphatic carbocycles. The number of nitrogen functional groups attached to an aromatic ring is 1. The Bertz CT molecular complexity index is 528. The van der Waals surface area contributed by atoms with E-state index in [0.717, 1.165) is 25.9 Å². The van der Waals surface area contributed by atoms with Gasteiger partial charge in [0.2, 0.25) is 0 Å². The third-order valence-electron chi connectivity index (χ3n) is 4.17. The van der Waals surface area contributed by atoms with Crippen LogP contribution in [0.25, 0.3) is 0 Å². The smallest absolute Gasteiger partial charge is 0.341 e. The number of ether oxygens (including phenoxy) is 2. The minimum Gasteiger partial charge on any atom is -0.493 e. The van der Waals surface area contributed by atoms with Crippen molar-refractivity contribution in [1.82, 2.24) is 4.90 Å². The van der Waals surface area contributed by atoms with Crippen molar-refractivity contribution >= 4 is 11.7 Å². The van der Waals surface area contributed by atoms with E-state index in [1.807, 2.05) is 6.92 Å². The zero-order valence-electron chi connectivity index (χ0n) is 16.4. The zero-order valence-corrected chi connectivity index (χ0v) is 16.4. The largest absolute Gasteiger partial charge is 0.493 e. The van der Waals surface area contributed by atoms with Gasteiger partial charge in [-0.15, -0.1) is 0 Å². The number of hydrogen-bond donors (Lipinski definition) is 1. The third kappa shape index (κ3) is 6.94. The van der Waals surface area contributed by atoms with Gasteiger partial charge in [-0.05, 0) is 44.0 Å². The Morgan fingerprint density at radius 2 is 1.88 bits per heavy atom. The number of likely N-dealkylation sites (N-methyl/N-ethyl adjacent to an activating group) is 1. The van der Waals surface area contributed by atoms with Gasteiger partial charge >= 0.3 is 5.97 Å². The number of carbonyl (C=O) groups is 1. The van der Waals surface area contributed by atoms with Gasteiger partial charge in [0.25, 0.3) is 0 Å². The fraction of sp³-hybridized carbons (Fsp3) is 0.650. The Balaban J connectivity index is 2.82. The maximum absolute atomic E-state index is 12.6. The summed E-state index contributed by atoms with van der Waals surface area (Å²) in [5.41, 5.74) is 6.82. The number of benzene rings is 1. The fourth-order valence-electron chi connectivity index (χ4n) is 2.90. The van der Waals surface area contributed by atoms with Crippen LogP contribution in [0.4, 0.5) is 5.69 Å². The third-order valence-corrected chi connectivity index (χ3v) is 4.17. The molecule has 0 aliphatic rings. The first-order valence-electron chi connectivity index (χ1n) is 9.36. The van der Waals surface area contributed by atoms with E-state index in [-0.39, 0.29) is 12.0 Å². The van der Waals surface area contributed by atoms with Crippen molar-refractivity contribution in [2.75, 3.05) is 32.0 Å². The first-order chi connectivity index (χ1) is 11.9. The van der Waals surface area contributed by atoms with Crippen LogP contribution in [0.15, 0.2) is 18.2 Å². The molecule has 0 spiro atoms. The Morgan fingerprint density at radius 3 is 2.44 bits per heavy atom. The van der Waals surface area contributed by atoms with Gasteiger partial charge in [-0.3, -0.25) is 4.90 Å². The minimum atomic E-state index is -0.355. The van der Waals surface area contributed by atoms with Crippen molar-refractivity contribution in [3.8, 4) is 5.75 Å². The predicted molar refractivity (Wildman–Crippen MR) is 103 cm³/mol. The van der Waals surface area contributed by atoms with Crippen molar-refractivity contribution in [3.63, 3.8) is 0 Å². The van der Waals surface area contributed by atoms with Crippen LogP contribution in [0.1, 0.15) is 57.8 Å². The molecule has 1 aromatic carbocycles. The summed E-state index contributed by atoms with van der Waals surface area (Å²) in [5.74, 6) is 0.686. The standard InChI is InChI=1S/C20H34N2O3/c1-6-11-24-19-13-16(21)9-10-18(19)20(23)25-14-17(12-15(4)5)22(7-2)8-3/h9-10,13,15,17H,6-8,11-12,14,21H2,1-5H3/t17-/m1/s1.